The summed E-state index contributed by atoms with van der Waals surface area (Å²) in [6.45, 7) is 0. The van der Waals surface area contributed by atoms with Crippen molar-refractivity contribution < 1.29 is 8.81 Å². The van der Waals surface area contributed by atoms with Gasteiger partial charge in [0, 0.05) is 19.7 Å². The Morgan fingerprint density at radius 1 is 0.647 bits per heavy atom. The third kappa shape index (κ3) is 3.81. The largest absolute Gasteiger partial charge is 0.416 e. The molecule has 1 heterocycles. The van der Waals surface area contributed by atoms with Gasteiger partial charge in [0.2, 0.25) is 5.89 Å². The van der Waals surface area contributed by atoms with E-state index in [9.17, 15) is 4.39 Å². The van der Waals surface area contributed by atoms with Gasteiger partial charge in [-0.15, -0.1) is 0 Å². The molecule has 4 aromatic carbocycles. The molecule has 0 unspecified atom stereocenters. The predicted octanol–water partition coefficient (Wildman–Crippen LogP) is 5.17. The second-order valence-corrected chi connectivity index (χ2v) is 11.5. The summed E-state index contributed by atoms with van der Waals surface area (Å²) in [5, 5.41) is 3.57. The lowest BCUT2D eigenvalue weighted by Gasteiger charge is -2.26. The van der Waals surface area contributed by atoms with Crippen LogP contribution >= 0.6 is 7.26 Å². The number of hydrogen-bond donors (Lipinski definition) is 0. The quantitative estimate of drug-likeness (QED) is 0.323. The van der Waals surface area contributed by atoms with Crippen molar-refractivity contribution in [2.75, 3.05) is 19.0 Å². The van der Waals surface area contributed by atoms with E-state index >= 15 is 0 Å². The van der Waals surface area contributed by atoms with Gasteiger partial charge in [0.1, 0.15) is 21.7 Å². The summed E-state index contributed by atoms with van der Waals surface area (Å²) >= 11 is 0. The summed E-state index contributed by atoms with van der Waals surface area (Å²) in [4.78, 5) is 7.12. The maximum absolute atomic E-state index is 13.6. The fraction of sp³-hybridized carbons (Fsp3) is 0.0690. The highest BCUT2D eigenvalue weighted by molar-refractivity contribution is 8.01. The molecule has 0 aliphatic heterocycles. The molecule has 0 aliphatic rings. The molecule has 0 N–H and O–H groups in total. The van der Waals surface area contributed by atoms with E-state index in [4.69, 9.17) is 9.40 Å². The SMILES string of the molecule is CN(C)c1oc(-c2ccc(F)cc2)nc1[P+](c1ccccc1)(c1ccccc1)c1ccccc1. The fourth-order valence-corrected chi connectivity index (χ4v) is 8.56. The number of halogens is 1. The van der Waals surface area contributed by atoms with Crippen molar-refractivity contribution in [1.29, 1.82) is 0 Å². The number of oxazole rings is 1. The molecule has 168 valence electrons. The van der Waals surface area contributed by atoms with Gasteiger partial charge in [-0.05, 0) is 60.7 Å². The van der Waals surface area contributed by atoms with Gasteiger partial charge in [-0.25, -0.2) is 4.39 Å². The lowest BCUT2D eigenvalue weighted by Crippen LogP contribution is -2.40. The molecule has 3 nitrogen and oxygen atoms in total. The zero-order valence-corrected chi connectivity index (χ0v) is 20.0. The lowest BCUT2D eigenvalue weighted by molar-refractivity contribution is 0.572. The van der Waals surface area contributed by atoms with E-state index in [1.165, 1.54) is 28.0 Å². The number of anilines is 1. The van der Waals surface area contributed by atoms with Crippen LogP contribution in [0.3, 0.4) is 0 Å². The van der Waals surface area contributed by atoms with Crippen molar-refractivity contribution in [1.82, 2.24) is 4.98 Å². The van der Waals surface area contributed by atoms with Crippen molar-refractivity contribution in [2.45, 2.75) is 0 Å². The minimum Gasteiger partial charge on any atom is -0.416 e. The van der Waals surface area contributed by atoms with Crippen molar-refractivity contribution in [3.63, 3.8) is 0 Å². The van der Waals surface area contributed by atoms with Gasteiger partial charge < -0.3 is 9.32 Å². The Bertz CT molecular complexity index is 1270. The molecule has 34 heavy (non-hydrogen) atoms. The number of nitrogens with zero attached hydrogens (tertiary/aromatic N) is 2. The molecule has 0 amide bonds. The average molecular weight is 468 g/mol. The number of rotatable bonds is 6. The summed E-state index contributed by atoms with van der Waals surface area (Å²) in [6.07, 6.45) is 0. The second-order valence-electron chi connectivity index (χ2n) is 8.23. The average Bonchev–Trinajstić information content (AvgIpc) is 3.33. The molecule has 0 saturated carbocycles. The predicted molar refractivity (Wildman–Crippen MR) is 141 cm³/mol. The van der Waals surface area contributed by atoms with Gasteiger partial charge in [0.15, 0.2) is 7.26 Å². The molecule has 0 spiro atoms. The molecule has 5 aromatic rings. The topological polar surface area (TPSA) is 29.3 Å². The van der Waals surface area contributed by atoms with Gasteiger partial charge in [-0.1, -0.05) is 54.6 Å². The first-order valence-electron chi connectivity index (χ1n) is 11.1. The van der Waals surface area contributed by atoms with E-state index in [1.54, 1.807) is 12.1 Å². The fourth-order valence-electron chi connectivity index (χ4n) is 4.30. The van der Waals surface area contributed by atoms with Crippen LogP contribution in [0.4, 0.5) is 10.3 Å². The summed E-state index contributed by atoms with van der Waals surface area (Å²) in [6, 6.07) is 37.9. The van der Waals surface area contributed by atoms with Crippen LogP contribution in [-0.2, 0) is 0 Å². The Labute approximate surface area is 199 Å². The molecular formula is C29H25FN2OP+. The Morgan fingerprint density at radius 2 is 1.09 bits per heavy atom. The Kier molecular flexibility index (Phi) is 6.00. The minimum absolute atomic E-state index is 0.289. The molecule has 1 aromatic heterocycles. The van der Waals surface area contributed by atoms with Crippen LogP contribution in [0.2, 0.25) is 0 Å². The summed E-state index contributed by atoms with van der Waals surface area (Å²) < 4.78 is 20.0. The third-order valence-electron chi connectivity index (χ3n) is 5.84. The van der Waals surface area contributed by atoms with E-state index in [0.29, 0.717) is 11.8 Å². The van der Waals surface area contributed by atoms with Gasteiger partial charge in [0.05, 0.1) is 0 Å². The molecular weight excluding hydrogens is 442 g/mol. The first-order valence-corrected chi connectivity index (χ1v) is 12.9. The molecule has 0 atom stereocenters. The van der Waals surface area contributed by atoms with Crippen LogP contribution < -0.4 is 26.2 Å². The van der Waals surface area contributed by atoms with Gasteiger partial charge >= 0.3 is 0 Å². The zero-order chi connectivity index (χ0) is 23.5. The van der Waals surface area contributed by atoms with Crippen molar-refractivity contribution >= 4 is 34.5 Å². The van der Waals surface area contributed by atoms with Gasteiger partial charge in [-0.2, -0.15) is 4.98 Å². The highest BCUT2D eigenvalue weighted by Crippen LogP contribution is 2.56. The molecule has 0 saturated heterocycles. The Hall–Kier alpha value is -3.75. The van der Waals surface area contributed by atoms with Crippen LogP contribution in [0.15, 0.2) is 120 Å². The highest BCUT2D eigenvalue weighted by atomic mass is 31.2. The Balaban J connectivity index is 1.89. The number of hydrogen-bond acceptors (Lipinski definition) is 3. The van der Waals surface area contributed by atoms with E-state index in [-0.39, 0.29) is 5.82 Å². The van der Waals surface area contributed by atoms with Crippen LogP contribution in [-0.4, -0.2) is 19.1 Å². The molecule has 0 fully saturated rings. The molecule has 5 heteroatoms. The van der Waals surface area contributed by atoms with Gasteiger partial charge in [-0.3, -0.25) is 0 Å². The maximum atomic E-state index is 13.6. The van der Waals surface area contributed by atoms with Crippen LogP contribution in [0.1, 0.15) is 0 Å². The lowest BCUT2D eigenvalue weighted by atomic mass is 10.2. The second kappa shape index (κ2) is 9.24. The van der Waals surface area contributed by atoms with Crippen LogP contribution in [0, 0.1) is 5.82 Å². The molecule has 0 aliphatic carbocycles. The van der Waals surface area contributed by atoms with Crippen molar-refractivity contribution in [2.24, 2.45) is 0 Å². The highest BCUT2D eigenvalue weighted by Gasteiger charge is 2.53. The summed E-state index contributed by atoms with van der Waals surface area (Å²) in [7, 11) is 1.51. The van der Waals surface area contributed by atoms with Crippen LogP contribution in [0.5, 0.6) is 0 Å². The standard InChI is InChI=1S/C29H25FN2OP/c1-32(2)29-28(31-27(33-29)22-18-20-23(30)21-19-22)34(24-12-6-3-7-13-24,25-14-8-4-9-15-25)26-16-10-5-11-17-26/h3-21H,1-2H3/q+1. The monoisotopic (exact) mass is 467 g/mol. The minimum atomic E-state index is -2.43. The van der Waals surface area contributed by atoms with Crippen molar-refractivity contribution in [3.8, 4) is 11.5 Å². The first kappa shape index (κ1) is 22.1. The Morgan fingerprint density at radius 3 is 1.50 bits per heavy atom. The third-order valence-corrected chi connectivity index (χ3v) is 9.98. The number of aromatic nitrogens is 1. The maximum Gasteiger partial charge on any atom is 0.262 e. The molecule has 0 radical (unpaired) electrons. The normalized spacial score (nSPS) is 11.4. The van der Waals surface area contributed by atoms with Crippen LogP contribution in [0.25, 0.3) is 11.5 Å². The smallest absolute Gasteiger partial charge is 0.262 e. The van der Waals surface area contributed by atoms with E-state index < -0.39 is 7.26 Å². The summed E-state index contributed by atoms with van der Waals surface area (Å²) in [5.41, 5.74) is 1.63. The van der Waals surface area contributed by atoms with E-state index in [1.807, 2.05) is 37.2 Å². The van der Waals surface area contributed by atoms with Gasteiger partial charge in [0.25, 0.3) is 11.3 Å². The summed E-state index contributed by atoms with van der Waals surface area (Å²) in [5.74, 6) is 0.887. The van der Waals surface area contributed by atoms with E-state index in [0.717, 1.165) is 11.0 Å². The molecule has 0 bridgehead atoms. The van der Waals surface area contributed by atoms with Crippen molar-refractivity contribution in [3.05, 3.63) is 121 Å². The molecule has 5 rings (SSSR count). The number of benzene rings is 4. The zero-order valence-electron chi connectivity index (χ0n) is 19.1. The van der Waals surface area contributed by atoms with E-state index in [2.05, 4.69) is 72.8 Å². The first-order chi connectivity index (χ1) is 16.6.